The van der Waals surface area contributed by atoms with Crippen LogP contribution >= 0.6 is 0 Å². The van der Waals surface area contributed by atoms with Crippen LogP contribution in [0.4, 0.5) is 0 Å². The van der Waals surface area contributed by atoms with E-state index in [2.05, 4.69) is 30.1 Å². The lowest BCUT2D eigenvalue weighted by atomic mass is 9.78. The van der Waals surface area contributed by atoms with Crippen molar-refractivity contribution in [1.82, 2.24) is 10.2 Å². The van der Waals surface area contributed by atoms with E-state index in [0.717, 1.165) is 58.4 Å². The Morgan fingerprint density at radius 3 is 3.00 bits per heavy atom. The van der Waals surface area contributed by atoms with Gasteiger partial charge in [0.15, 0.2) is 0 Å². The molecule has 1 saturated heterocycles. The molecule has 1 N–H and O–H groups in total. The fraction of sp³-hybridized carbons (Fsp3) is 0.938. The summed E-state index contributed by atoms with van der Waals surface area (Å²) in [5, 5.41) is 13.2. The van der Waals surface area contributed by atoms with Gasteiger partial charge in [-0.3, -0.25) is 10.2 Å². The van der Waals surface area contributed by atoms with E-state index in [1.54, 1.807) is 0 Å². The molecule has 1 aliphatic heterocycles. The zero-order chi connectivity index (χ0) is 14.4. The van der Waals surface area contributed by atoms with Crippen molar-refractivity contribution in [2.45, 2.75) is 70.0 Å². The maximum absolute atomic E-state index is 9.65. The maximum atomic E-state index is 9.65. The number of ether oxygens (including phenoxy) is 1. The van der Waals surface area contributed by atoms with Crippen molar-refractivity contribution in [3.05, 3.63) is 0 Å². The highest BCUT2D eigenvalue weighted by Gasteiger charge is 2.40. The van der Waals surface area contributed by atoms with Gasteiger partial charge >= 0.3 is 0 Å². The largest absolute Gasteiger partial charge is 0.378 e. The van der Waals surface area contributed by atoms with Gasteiger partial charge in [-0.1, -0.05) is 13.8 Å². The molecule has 0 aromatic carbocycles. The first kappa shape index (κ1) is 15.8. The lowest BCUT2D eigenvalue weighted by Crippen LogP contribution is -2.57. The molecule has 2 rings (SSSR count). The van der Waals surface area contributed by atoms with Crippen LogP contribution in [0.3, 0.4) is 0 Å². The van der Waals surface area contributed by atoms with Gasteiger partial charge in [-0.15, -0.1) is 0 Å². The van der Waals surface area contributed by atoms with Gasteiger partial charge in [0.25, 0.3) is 0 Å². The minimum Gasteiger partial charge on any atom is -0.378 e. The molecule has 3 unspecified atom stereocenters. The summed E-state index contributed by atoms with van der Waals surface area (Å²) >= 11 is 0. The van der Waals surface area contributed by atoms with Gasteiger partial charge in [-0.2, -0.15) is 5.26 Å². The van der Waals surface area contributed by atoms with E-state index in [-0.39, 0.29) is 5.54 Å². The van der Waals surface area contributed by atoms with Gasteiger partial charge in [-0.05, 0) is 45.1 Å². The average molecular weight is 279 g/mol. The van der Waals surface area contributed by atoms with Crippen LogP contribution in [0, 0.1) is 11.3 Å². The van der Waals surface area contributed by atoms with Crippen molar-refractivity contribution >= 4 is 0 Å². The Kier molecular flexibility index (Phi) is 5.83. The molecule has 1 saturated carbocycles. The molecule has 1 heterocycles. The van der Waals surface area contributed by atoms with Crippen molar-refractivity contribution in [3.63, 3.8) is 0 Å². The van der Waals surface area contributed by atoms with Crippen LogP contribution in [-0.4, -0.2) is 48.8 Å². The number of rotatable bonds is 5. The van der Waals surface area contributed by atoms with Crippen LogP contribution in [0.1, 0.15) is 52.4 Å². The molecule has 114 valence electrons. The molecule has 0 aromatic heterocycles. The lowest BCUT2D eigenvalue weighted by Gasteiger charge is -2.46. The van der Waals surface area contributed by atoms with E-state index < -0.39 is 0 Å². The van der Waals surface area contributed by atoms with Gasteiger partial charge in [-0.25, -0.2) is 0 Å². The van der Waals surface area contributed by atoms with Gasteiger partial charge in [0.05, 0.1) is 19.3 Å². The average Bonchev–Trinajstić information content (AvgIpc) is 2.53. The Morgan fingerprint density at radius 2 is 2.30 bits per heavy atom. The predicted molar refractivity (Wildman–Crippen MR) is 80.5 cm³/mol. The fourth-order valence-electron chi connectivity index (χ4n) is 3.70. The first-order valence-corrected chi connectivity index (χ1v) is 8.24. The van der Waals surface area contributed by atoms with Gasteiger partial charge in [0.2, 0.25) is 0 Å². The Bertz CT molecular complexity index is 341. The molecule has 4 heteroatoms. The number of nitrogens with zero attached hydrogens (tertiary/aromatic N) is 2. The quantitative estimate of drug-likeness (QED) is 0.839. The Morgan fingerprint density at radius 1 is 1.45 bits per heavy atom. The summed E-state index contributed by atoms with van der Waals surface area (Å²) in [5.74, 6) is 0. The first-order chi connectivity index (χ1) is 9.74. The van der Waals surface area contributed by atoms with Crippen LogP contribution in [-0.2, 0) is 4.74 Å². The second-order valence-electron chi connectivity index (χ2n) is 6.25. The molecule has 2 aliphatic rings. The summed E-state index contributed by atoms with van der Waals surface area (Å²) in [5.41, 5.74) is -0.296. The van der Waals surface area contributed by atoms with Crippen LogP contribution in [0.15, 0.2) is 0 Å². The van der Waals surface area contributed by atoms with Crippen LogP contribution < -0.4 is 5.32 Å². The third-order valence-electron chi connectivity index (χ3n) is 4.87. The van der Waals surface area contributed by atoms with Crippen molar-refractivity contribution in [3.8, 4) is 6.07 Å². The third kappa shape index (κ3) is 3.52. The molecule has 4 nitrogen and oxygen atoms in total. The number of hydrogen-bond donors (Lipinski definition) is 1. The minimum atomic E-state index is -0.296. The summed E-state index contributed by atoms with van der Waals surface area (Å²) in [4.78, 5) is 2.61. The molecule has 0 spiro atoms. The number of nitrogens with one attached hydrogen (secondary N) is 1. The van der Waals surface area contributed by atoms with E-state index in [9.17, 15) is 5.26 Å². The van der Waals surface area contributed by atoms with E-state index >= 15 is 0 Å². The van der Waals surface area contributed by atoms with Crippen molar-refractivity contribution in [2.75, 3.05) is 26.3 Å². The lowest BCUT2D eigenvalue weighted by molar-refractivity contribution is -0.0425. The zero-order valence-electron chi connectivity index (χ0n) is 13.0. The Hall–Kier alpha value is -0.630. The highest BCUT2D eigenvalue weighted by Crippen LogP contribution is 2.33. The second kappa shape index (κ2) is 7.40. The SMILES string of the molecule is CCCNC1(C#N)CCCC(N2CCOCC2CC)C1. The van der Waals surface area contributed by atoms with E-state index in [4.69, 9.17) is 4.74 Å². The molecule has 20 heavy (non-hydrogen) atoms. The normalized spacial score (nSPS) is 35.6. The van der Waals surface area contributed by atoms with E-state index in [0.29, 0.717) is 12.1 Å². The molecule has 0 aromatic rings. The van der Waals surface area contributed by atoms with Gasteiger partial charge in [0.1, 0.15) is 5.54 Å². The van der Waals surface area contributed by atoms with E-state index in [1.807, 2.05) is 0 Å². The first-order valence-electron chi connectivity index (χ1n) is 8.24. The molecule has 0 amide bonds. The summed E-state index contributed by atoms with van der Waals surface area (Å²) < 4.78 is 5.61. The molecule has 2 fully saturated rings. The number of nitriles is 1. The van der Waals surface area contributed by atoms with E-state index in [1.165, 1.54) is 6.42 Å². The molecule has 3 atom stereocenters. The molecular formula is C16H29N3O. The summed E-state index contributed by atoms with van der Waals surface area (Å²) in [7, 11) is 0. The number of morpholine rings is 1. The molecule has 0 radical (unpaired) electrons. The van der Waals surface area contributed by atoms with Crippen molar-refractivity contribution in [1.29, 1.82) is 5.26 Å². The van der Waals surface area contributed by atoms with Gasteiger partial charge < -0.3 is 4.74 Å². The third-order valence-corrected chi connectivity index (χ3v) is 4.87. The molecular weight excluding hydrogens is 250 g/mol. The highest BCUT2D eigenvalue weighted by atomic mass is 16.5. The molecule has 1 aliphatic carbocycles. The Labute approximate surface area is 123 Å². The monoisotopic (exact) mass is 279 g/mol. The minimum absolute atomic E-state index is 0.296. The van der Waals surface area contributed by atoms with Crippen LogP contribution in [0.25, 0.3) is 0 Å². The summed E-state index contributed by atoms with van der Waals surface area (Å²) in [6.07, 6.45) is 6.58. The summed E-state index contributed by atoms with van der Waals surface area (Å²) in [6, 6.07) is 3.66. The number of hydrogen-bond acceptors (Lipinski definition) is 4. The second-order valence-corrected chi connectivity index (χ2v) is 6.25. The zero-order valence-corrected chi connectivity index (χ0v) is 13.0. The highest BCUT2D eigenvalue weighted by molar-refractivity contribution is 5.11. The maximum Gasteiger partial charge on any atom is 0.108 e. The standard InChI is InChI=1S/C16H29N3O/c1-3-8-18-16(13-17)7-5-6-15(11-16)19-9-10-20-12-14(19)4-2/h14-15,18H,3-12H2,1-2H3. The predicted octanol–water partition coefficient (Wildman–Crippen LogP) is 2.30. The smallest absolute Gasteiger partial charge is 0.108 e. The van der Waals surface area contributed by atoms with Crippen LogP contribution in [0.2, 0.25) is 0 Å². The Balaban J connectivity index is 2.03. The molecule has 0 bridgehead atoms. The van der Waals surface area contributed by atoms with Crippen LogP contribution in [0.5, 0.6) is 0 Å². The fourth-order valence-corrected chi connectivity index (χ4v) is 3.70. The van der Waals surface area contributed by atoms with Crippen molar-refractivity contribution in [2.24, 2.45) is 0 Å². The van der Waals surface area contributed by atoms with Gasteiger partial charge in [0, 0.05) is 18.6 Å². The van der Waals surface area contributed by atoms with Crippen molar-refractivity contribution < 1.29 is 4.74 Å². The summed E-state index contributed by atoms with van der Waals surface area (Å²) in [6.45, 7) is 8.07. The topological polar surface area (TPSA) is 48.3 Å².